The van der Waals surface area contributed by atoms with Crippen LogP contribution in [-0.4, -0.2) is 53.2 Å². The maximum atomic E-state index is 12.3. The smallest absolute Gasteiger partial charge is 0.239 e. The first-order valence-corrected chi connectivity index (χ1v) is 7.55. The zero-order chi connectivity index (χ0) is 15.4. The Morgan fingerprint density at radius 2 is 2.10 bits per heavy atom. The van der Waals surface area contributed by atoms with Crippen molar-refractivity contribution in [1.82, 2.24) is 15.1 Å². The second-order valence-corrected chi connectivity index (χ2v) is 6.02. The van der Waals surface area contributed by atoms with E-state index >= 15 is 0 Å². The highest BCUT2D eigenvalue weighted by Crippen LogP contribution is 2.20. The third-order valence-corrected chi connectivity index (χ3v) is 4.25. The van der Waals surface area contributed by atoms with Crippen LogP contribution in [0.25, 0.3) is 0 Å². The predicted octanol–water partition coefficient (Wildman–Crippen LogP) is 0.887. The summed E-state index contributed by atoms with van der Waals surface area (Å²) in [4.78, 5) is 16.3. The van der Waals surface area contributed by atoms with Crippen molar-refractivity contribution in [2.75, 3.05) is 25.0 Å². The molecule has 116 valence electrons. The largest absolute Gasteiger partial charge is 0.355 e. The molecular weight excluding hydrogens is 266 g/mol. The van der Waals surface area contributed by atoms with Crippen LogP contribution in [0, 0.1) is 5.92 Å². The minimum absolute atomic E-state index is 0.0746. The normalized spacial score (nSPS) is 17.9. The second kappa shape index (κ2) is 6.85. The number of carbonyl (C=O) groups excluding carboxylic acids is 1. The van der Waals surface area contributed by atoms with Gasteiger partial charge < -0.3 is 15.5 Å². The van der Waals surface area contributed by atoms with Crippen LogP contribution >= 0.6 is 0 Å². The summed E-state index contributed by atoms with van der Waals surface area (Å²) in [5.74, 6) is 1.13. The Kier molecular flexibility index (Phi) is 5.12. The van der Waals surface area contributed by atoms with Gasteiger partial charge in [-0.15, -0.1) is 5.10 Å². The fourth-order valence-electron chi connectivity index (χ4n) is 2.64. The molecule has 1 fully saturated rings. The lowest BCUT2D eigenvalue weighted by molar-refractivity contribution is -0.134. The molecule has 1 aromatic heterocycles. The fourth-order valence-corrected chi connectivity index (χ4v) is 2.64. The minimum Gasteiger partial charge on any atom is -0.355 e. The summed E-state index contributed by atoms with van der Waals surface area (Å²) in [6, 6.07) is 3.85. The number of piperidine rings is 1. The van der Waals surface area contributed by atoms with E-state index in [1.54, 1.807) is 6.20 Å². The maximum absolute atomic E-state index is 12.3. The van der Waals surface area contributed by atoms with E-state index in [-0.39, 0.29) is 17.9 Å². The molecule has 0 aliphatic carbocycles. The van der Waals surface area contributed by atoms with E-state index in [9.17, 15) is 4.79 Å². The lowest BCUT2D eigenvalue weighted by atomic mass is 9.99. The predicted molar refractivity (Wildman–Crippen MR) is 82.9 cm³/mol. The number of nitrogens with zero attached hydrogens (tertiary/aromatic N) is 4. The number of likely N-dealkylation sites (tertiary alicyclic amines) is 1. The summed E-state index contributed by atoms with van der Waals surface area (Å²) in [6.07, 6.45) is 3.54. The molecule has 1 aromatic rings. The standard InChI is InChI=1S/C15H25N5O/c1-11(2)14(16)15(21)20-9-6-12(7-10-20)19(3)13-5-4-8-17-18-13/h4-5,8,11-12,14H,6-7,9-10,16H2,1-3H3/t14-/m0/s1. The molecule has 1 amide bonds. The van der Waals surface area contributed by atoms with Gasteiger partial charge in [0.15, 0.2) is 5.82 Å². The summed E-state index contributed by atoms with van der Waals surface area (Å²) in [7, 11) is 2.03. The van der Waals surface area contributed by atoms with E-state index in [1.807, 2.05) is 37.9 Å². The lowest BCUT2D eigenvalue weighted by Gasteiger charge is -2.38. The van der Waals surface area contributed by atoms with Crippen LogP contribution in [0.1, 0.15) is 26.7 Å². The summed E-state index contributed by atoms with van der Waals surface area (Å²) >= 11 is 0. The first kappa shape index (κ1) is 15.7. The molecule has 0 spiro atoms. The molecule has 0 aromatic carbocycles. The van der Waals surface area contributed by atoms with Crippen molar-refractivity contribution in [2.45, 2.75) is 38.8 Å². The van der Waals surface area contributed by atoms with Crippen LogP contribution in [0.4, 0.5) is 5.82 Å². The van der Waals surface area contributed by atoms with Gasteiger partial charge in [0.25, 0.3) is 0 Å². The highest BCUT2D eigenvalue weighted by atomic mass is 16.2. The number of rotatable bonds is 4. The molecule has 1 atom stereocenters. The van der Waals surface area contributed by atoms with Gasteiger partial charge in [-0.3, -0.25) is 4.79 Å². The number of hydrogen-bond acceptors (Lipinski definition) is 5. The first-order chi connectivity index (χ1) is 10.0. The quantitative estimate of drug-likeness (QED) is 0.891. The van der Waals surface area contributed by atoms with Crippen molar-refractivity contribution in [3.63, 3.8) is 0 Å². The first-order valence-electron chi connectivity index (χ1n) is 7.55. The monoisotopic (exact) mass is 291 g/mol. The Morgan fingerprint density at radius 1 is 1.43 bits per heavy atom. The van der Waals surface area contributed by atoms with E-state index < -0.39 is 0 Å². The Hall–Kier alpha value is -1.69. The van der Waals surface area contributed by atoms with Crippen LogP contribution in [0.3, 0.4) is 0 Å². The minimum atomic E-state index is -0.390. The van der Waals surface area contributed by atoms with Crippen molar-refractivity contribution in [3.8, 4) is 0 Å². The van der Waals surface area contributed by atoms with E-state index in [2.05, 4.69) is 15.1 Å². The summed E-state index contributed by atoms with van der Waals surface area (Å²) < 4.78 is 0. The number of amides is 1. The SMILES string of the molecule is CC(C)[C@H](N)C(=O)N1CCC(N(C)c2cccnn2)CC1. The van der Waals surface area contributed by atoms with E-state index in [0.717, 1.165) is 31.7 Å². The van der Waals surface area contributed by atoms with Crippen molar-refractivity contribution in [2.24, 2.45) is 11.7 Å². The second-order valence-electron chi connectivity index (χ2n) is 6.02. The van der Waals surface area contributed by atoms with Crippen molar-refractivity contribution < 1.29 is 4.79 Å². The third kappa shape index (κ3) is 3.69. The van der Waals surface area contributed by atoms with E-state index in [1.165, 1.54) is 0 Å². The molecule has 6 nitrogen and oxygen atoms in total. The summed E-state index contributed by atoms with van der Waals surface area (Å²) in [5.41, 5.74) is 5.96. The van der Waals surface area contributed by atoms with Crippen LogP contribution in [0.2, 0.25) is 0 Å². The Balaban J connectivity index is 1.90. The number of hydrogen-bond donors (Lipinski definition) is 1. The highest BCUT2D eigenvalue weighted by Gasteiger charge is 2.29. The molecule has 1 saturated heterocycles. The van der Waals surface area contributed by atoms with Gasteiger partial charge in [-0.05, 0) is 30.9 Å². The van der Waals surface area contributed by atoms with Crippen LogP contribution in [-0.2, 0) is 4.79 Å². The topological polar surface area (TPSA) is 75.4 Å². The molecule has 1 aliphatic heterocycles. The molecule has 2 N–H and O–H groups in total. The number of aromatic nitrogens is 2. The molecular formula is C15H25N5O. The third-order valence-electron chi connectivity index (χ3n) is 4.25. The lowest BCUT2D eigenvalue weighted by Crippen LogP contribution is -2.52. The van der Waals surface area contributed by atoms with E-state index in [0.29, 0.717) is 6.04 Å². The van der Waals surface area contributed by atoms with Crippen LogP contribution in [0.5, 0.6) is 0 Å². The van der Waals surface area contributed by atoms with Gasteiger partial charge >= 0.3 is 0 Å². The zero-order valence-corrected chi connectivity index (χ0v) is 13.1. The van der Waals surface area contributed by atoms with Crippen molar-refractivity contribution in [1.29, 1.82) is 0 Å². The van der Waals surface area contributed by atoms with Crippen LogP contribution in [0.15, 0.2) is 18.3 Å². The van der Waals surface area contributed by atoms with Gasteiger partial charge in [-0.2, -0.15) is 5.10 Å². The maximum Gasteiger partial charge on any atom is 0.239 e. The molecule has 21 heavy (non-hydrogen) atoms. The molecule has 2 rings (SSSR count). The van der Waals surface area contributed by atoms with Crippen LogP contribution < -0.4 is 10.6 Å². The molecule has 1 aliphatic rings. The molecule has 6 heteroatoms. The average molecular weight is 291 g/mol. The molecule has 0 saturated carbocycles. The molecule has 0 bridgehead atoms. The number of anilines is 1. The van der Waals surface area contributed by atoms with Gasteiger partial charge in [0.2, 0.25) is 5.91 Å². The summed E-state index contributed by atoms with van der Waals surface area (Å²) in [5, 5.41) is 8.05. The number of nitrogens with two attached hydrogens (primary N) is 1. The van der Waals surface area contributed by atoms with Crippen molar-refractivity contribution >= 4 is 11.7 Å². The Morgan fingerprint density at radius 3 is 2.62 bits per heavy atom. The van der Waals surface area contributed by atoms with Crippen molar-refractivity contribution in [3.05, 3.63) is 18.3 Å². The average Bonchev–Trinajstić information content (AvgIpc) is 2.53. The van der Waals surface area contributed by atoms with Gasteiger partial charge in [-0.25, -0.2) is 0 Å². The number of carbonyl (C=O) groups is 1. The van der Waals surface area contributed by atoms with Gasteiger partial charge in [-0.1, -0.05) is 13.8 Å². The van der Waals surface area contributed by atoms with E-state index in [4.69, 9.17) is 5.73 Å². The zero-order valence-electron chi connectivity index (χ0n) is 13.1. The fraction of sp³-hybridized carbons (Fsp3) is 0.667. The Labute approximate surface area is 126 Å². The van der Waals surface area contributed by atoms with Gasteiger partial charge in [0, 0.05) is 32.4 Å². The molecule has 0 radical (unpaired) electrons. The summed E-state index contributed by atoms with van der Waals surface area (Å²) in [6.45, 7) is 5.48. The molecule has 0 unspecified atom stereocenters. The van der Waals surface area contributed by atoms with Gasteiger partial charge in [0.1, 0.15) is 0 Å². The highest BCUT2D eigenvalue weighted by molar-refractivity contribution is 5.82. The Bertz CT molecular complexity index is 456. The molecule has 2 heterocycles. The van der Waals surface area contributed by atoms with Gasteiger partial charge in [0.05, 0.1) is 6.04 Å².